The van der Waals surface area contributed by atoms with Crippen molar-refractivity contribution in [2.24, 2.45) is 0 Å². The van der Waals surface area contributed by atoms with Crippen LogP contribution in [0.4, 0.5) is 0 Å². The average molecular weight is 278 g/mol. The van der Waals surface area contributed by atoms with E-state index in [4.69, 9.17) is 16.3 Å². The molecule has 0 aliphatic heterocycles. The van der Waals surface area contributed by atoms with Crippen molar-refractivity contribution in [2.45, 2.75) is 6.54 Å². The molecule has 19 heavy (non-hydrogen) atoms. The summed E-state index contributed by atoms with van der Waals surface area (Å²) in [6.45, 7) is 0.759. The number of carbonyl (C=O) groups excluding carboxylic acids is 1. The summed E-state index contributed by atoms with van der Waals surface area (Å²) in [5, 5.41) is 0.380. The minimum atomic E-state index is -0.0755. The molecule has 1 aromatic carbocycles. The van der Waals surface area contributed by atoms with Gasteiger partial charge in [0.15, 0.2) is 0 Å². The first-order valence-corrected chi connectivity index (χ1v) is 6.11. The van der Waals surface area contributed by atoms with Gasteiger partial charge in [0.25, 0.3) is 5.56 Å². The third kappa shape index (κ3) is 3.45. The largest absolute Gasteiger partial charge is 0.490 e. The number of halogens is 1. The average Bonchev–Trinajstić information content (AvgIpc) is 2.42. The van der Waals surface area contributed by atoms with E-state index >= 15 is 0 Å². The predicted octanol–water partition coefficient (Wildman–Crippen LogP) is 2.39. The van der Waals surface area contributed by atoms with Gasteiger partial charge in [0.2, 0.25) is 0 Å². The Labute approximate surface area is 115 Å². The molecule has 0 amide bonds. The van der Waals surface area contributed by atoms with E-state index in [9.17, 15) is 9.59 Å². The van der Waals surface area contributed by atoms with Crippen molar-refractivity contribution in [2.75, 3.05) is 6.61 Å². The van der Waals surface area contributed by atoms with E-state index in [-0.39, 0.29) is 5.56 Å². The second kappa shape index (κ2) is 6.20. The Balaban J connectivity index is 1.98. The Morgan fingerprint density at radius 1 is 1.26 bits per heavy atom. The number of benzene rings is 1. The fraction of sp³-hybridized carbons (Fsp3) is 0.143. The van der Waals surface area contributed by atoms with Crippen molar-refractivity contribution in [1.82, 2.24) is 4.57 Å². The number of aromatic nitrogens is 1. The monoisotopic (exact) mass is 277 g/mol. The molecule has 0 aliphatic rings. The minimum absolute atomic E-state index is 0.0755. The van der Waals surface area contributed by atoms with Crippen molar-refractivity contribution in [3.8, 4) is 5.75 Å². The Hall–Kier alpha value is -2.07. The highest BCUT2D eigenvalue weighted by Crippen LogP contribution is 2.24. The molecule has 2 rings (SSSR count). The van der Waals surface area contributed by atoms with Gasteiger partial charge < -0.3 is 9.30 Å². The van der Waals surface area contributed by atoms with Crippen LogP contribution in [0.25, 0.3) is 0 Å². The van der Waals surface area contributed by atoms with Gasteiger partial charge in [0.05, 0.1) is 11.6 Å². The van der Waals surface area contributed by atoms with Crippen molar-refractivity contribution in [3.05, 3.63) is 63.5 Å². The second-order valence-corrected chi connectivity index (χ2v) is 4.30. The van der Waals surface area contributed by atoms with E-state index < -0.39 is 0 Å². The topological polar surface area (TPSA) is 48.3 Å². The molecule has 1 heterocycles. The molecule has 0 saturated carbocycles. The summed E-state index contributed by atoms with van der Waals surface area (Å²) < 4.78 is 7.04. The summed E-state index contributed by atoms with van der Waals surface area (Å²) in [7, 11) is 0. The summed E-state index contributed by atoms with van der Waals surface area (Å²) in [6, 6.07) is 9.77. The van der Waals surface area contributed by atoms with Crippen molar-refractivity contribution < 1.29 is 9.53 Å². The van der Waals surface area contributed by atoms with E-state index in [0.717, 1.165) is 6.29 Å². The van der Waals surface area contributed by atoms with Gasteiger partial charge in [-0.3, -0.25) is 9.59 Å². The summed E-state index contributed by atoms with van der Waals surface area (Å²) in [5.74, 6) is 0.497. The first kappa shape index (κ1) is 13.4. The zero-order valence-corrected chi connectivity index (χ0v) is 10.8. The SMILES string of the molecule is O=Cc1ccc(OCCn2ccccc2=O)c(Cl)c1. The summed E-state index contributed by atoms with van der Waals surface area (Å²) in [4.78, 5) is 22.0. The maximum absolute atomic E-state index is 11.5. The number of aldehydes is 1. The van der Waals surface area contributed by atoms with E-state index in [1.54, 1.807) is 41.1 Å². The Morgan fingerprint density at radius 2 is 2.11 bits per heavy atom. The predicted molar refractivity (Wildman–Crippen MR) is 73.0 cm³/mol. The summed E-state index contributed by atoms with van der Waals surface area (Å²) >= 11 is 5.97. The number of hydrogen-bond acceptors (Lipinski definition) is 3. The molecule has 0 bridgehead atoms. The van der Waals surface area contributed by atoms with Crippen LogP contribution in [0.1, 0.15) is 10.4 Å². The van der Waals surface area contributed by atoms with Crippen LogP contribution in [-0.2, 0) is 6.54 Å². The fourth-order valence-electron chi connectivity index (χ4n) is 1.61. The maximum atomic E-state index is 11.5. The van der Waals surface area contributed by atoms with Crippen LogP contribution in [0.5, 0.6) is 5.75 Å². The molecule has 98 valence electrons. The van der Waals surface area contributed by atoms with E-state index in [0.29, 0.717) is 29.5 Å². The number of ether oxygens (including phenoxy) is 1. The summed E-state index contributed by atoms with van der Waals surface area (Å²) in [5.41, 5.74) is 0.421. The van der Waals surface area contributed by atoms with E-state index in [2.05, 4.69) is 0 Å². The lowest BCUT2D eigenvalue weighted by Gasteiger charge is -2.09. The lowest BCUT2D eigenvalue weighted by Crippen LogP contribution is -2.21. The van der Waals surface area contributed by atoms with Crippen molar-refractivity contribution in [1.29, 1.82) is 0 Å². The van der Waals surface area contributed by atoms with Crippen LogP contribution in [0.3, 0.4) is 0 Å². The zero-order chi connectivity index (χ0) is 13.7. The van der Waals surface area contributed by atoms with E-state index in [1.807, 2.05) is 0 Å². The summed E-state index contributed by atoms with van der Waals surface area (Å²) in [6.07, 6.45) is 2.42. The second-order valence-electron chi connectivity index (χ2n) is 3.89. The highest BCUT2D eigenvalue weighted by atomic mass is 35.5. The number of nitrogens with zero attached hydrogens (tertiary/aromatic N) is 1. The first-order valence-electron chi connectivity index (χ1n) is 5.74. The van der Waals surface area contributed by atoms with Crippen LogP contribution in [0.2, 0.25) is 5.02 Å². The van der Waals surface area contributed by atoms with Crippen LogP contribution in [0, 0.1) is 0 Å². The highest BCUT2D eigenvalue weighted by molar-refractivity contribution is 6.32. The van der Waals surface area contributed by atoms with Crippen LogP contribution < -0.4 is 10.3 Å². The fourth-order valence-corrected chi connectivity index (χ4v) is 1.85. The zero-order valence-electron chi connectivity index (χ0n) is 10.1. The maximum Gasteiger partial charge on any atom is 0.250 e. The van der Waals surface area contributed by atoms with Crippen LogP contribution in [-0.4, -0.2) is 17.5 Å². The van der Waals surface area contributed by atoms with Crippen molar-refractivity contribution >= 4 is 17.9 Å². The molecule has 0 spiro atoms. The number of hydrogen-bond donors (Lipinski definition) is 0. The van der Waals surface area contributed by atoms with Crippen LogP contribution in [0.15, 0.2) is 47.4 Å². The molecular weight excluding hydrogens is 266 g/mol. The minimum Gasteiger partial charge on any atom is -0.490 e. The number of carbonyl (C=O) groups is 1. The van der Waals surface area contributed by atoms with Gasteiger partial charge in [-0.05, 0) is 24.3 Å². The molecule has 5 heteroatoms. The molecule has 0 radical (unpaired) electrons. The molecule has 1 aromatic heterocycles. The molecule has 4 nitrogen and oxygen atoms in total. The van der Waals surface area contributed by atoms with Gasteiger partial charge in [0, 0.05) is 17.8 Å². The first-order chi connectivity index (χ1) is 9.20. The standard InChI is InChI=1S/C14H12ClNO3/c15-12-9-11(10-17)4-5-13(12)19-8-7-16-6-2-1-3-14(16)18/h1-6,9-10H,7-8H2. The molecule has 2 aromatic rings. The van der Waals surface area contributed by atoms with Gasteiger partial charge in [-0.25, -0.2) is 0 Å². The molecule has 0 atom stereocenters. The molecule has 0 fully saturated rings. The van der Waals surface area contributed by atoms with Crippen LogP contribution >= 0.6 is 11.6 Å². The molecule has 0 unspecified atom stereocenters. The Kier molecular flexibility index (Phi) is 4.36. The van der Waals surface area contributed by atoms with Gasteiger partial charge in [-0.2, -0.15) is 0 Å². The van der Waals surface area contributed by atoms with E-state index in [1.165, 1.54) is 6.07 Å². The highest BCUT2D eigenvalue weighted by Gasteiger charge is 2.03. The molecular formula is C14H12ClNO3. The molecule has 0 aliphatic carbocycles. The van der Waals surface area contributed by atoms with Gasteiger partial charge >= 0.3 is 0 Å². The third-order valence-electron chi connectivity index (χ3n) is 2.58. The lowest BCUT2D eigenvalue weighted by atomic mass is 10.2. The number of rotatable bonds is 5. The van der Waals surface area contributed by atoms with Gasteiger partial charge in [0.1, 0.15) is 18.6 Å². The lowest BCUT2D eigenvalue weighted by molar-refractivity contribution is 0.112. The smallest absolute Gasteiger partial charge is 0.250 e. The quantitative estimate of drug-likeness (QED) is 0.789. The third-order valence-corrected chi connectivity index (χ3v) is 2.88. The van der Waals surface area contributed by atoms with Gasteiger partial charge in [-0.1, -0.05) is 17.7 Å². The number of pyridine rings is 1. The van der Waals surface area contributed by atoms with Gasteiger partial charge in [-0.15, -0.1) is 0 Å². The normalized spacial score (nSPS) is 10.2. The Morgan fingerprint density at radius 3 is 2.79 bits per heavy atom. The Bertz CT molecular complexity index is 637. The molecule has 0 saturated heterocycles. The molecule has 0 N–H and O–H groups in total. The van der Waals surface area contributed by atoms with Crippen molar-refractivity contribution in [3.63, 3.8) is 0 Å².